The Kier molecular flexibility index (Phi) is 3.88. The lowest BCUT2D eigenvalue weighted by Gasteiger charge is -2.04. The average molecular weight is 258 g/mol. The molecule has 0 saturated heterocycles. The van der Waals surface area contributed by atoms with Gasteiger partial charge in [-0.2, -0.15) is 0 Å². The van der Waals surface area contributed by atoms with Crippen LogP contribution in [-0.2, 0) is 0 Å². The van der Waals surface area contributed by atoms with Crippen molar-refractivity contribution in [3.05, 3.63) is 22.3 Å². The van der Waals surface area contributed by atoms with Crippen LogP contribution in [0.5, 0.6) is 0 Å². The molecule has 0 aliphatic rings. The zero-order valence-electron chi connectivity index (χ0n) is 7.88. The monoisotopic (exact) mass is 257 g/mol. The SMILES string of the molecule is CCCNC(=O)c1cnc(N)c(Br)c1. The Labute approximate surface area is 91.0 Å². The van der Waals surface area contributed by atoms with Crippen molar-refractivity contribution in [2.24, 2.45) is 0 Å². The van der Waals surface area contributed by atoms with E-state index in [0.29, 0.717) is 22.4 Å². The lowest BCUT2D eigenvalue weighted by Crippen LogP contribution is -2.24. The Bertz CT molecular complexity index is 341. The zero-order chi connectivity index (χ0) is 10.6. The van der Waals surface area contributed by atoms with Crippen molar-refractivity contribution < 1.29 is 4.79 Å². The van der Waals surface area contributed by atoms with E-state index in [9.17, 15) is 4.79 Å². The second kappa shape index (κ2) is 4.95. The normalized spacial score (nSPS) is 9.86. The van der Waals surface area contributed by atoms with E-state index >= 15 is 0 Å². The van der Waals surface area contributed by atoms with E-state index in [1.54, 1.807) is 6.07 Å². The molecule has 0 spiro atoms. The summed E-state index contributed by atoms with van der Waals surface area (Å²) in [4.78, 5) is 15.3. The highest BCUT2D eigenvalue weighted by Gasteiger charge is 2.06. The minimum atomic E-state index is -0.125. The van der Waals surface area contributed by atoms with Crippen LogP contribution in [0.1, 0.15) is 23.7 Å². The fourth-order valence-corrected chi connectivity index (χ4v) is 1.26. The van der Waals surface area contributed by atoms with E-state index in [2.05, 4.69) is 26.2 Å². The molecule has 0 fully saturated rings. The number of rotatable bonds is 3. The molecule has 0 saturated carbocycles. The van der Waals surface area contributed by atoms with Crippen LogP contribution in [-0.4, -0.2) is 17.4 Å². The third-order valence-electron chi connectivity index (χ3n) is 1.67. The van der Waals surface area contributed by atoms with E-state index in [1.165, 1.54) is 6.20 Å². The maximum atomic E-state index is 11.5. The molecule has 1 aromatic heterocycles. The van der Waals surface area contributed by atoms with E-state index in [4.69, 9.17) is 5.73 Å². The Morgan fingerprint density at radius 1 is 1.71 bits per heavy atom. The van der Waals surface area contributed by atoms with Gasteiger partial charge in [0.2, 0.25) is 0 Å². The van der Waals surface area contributed by atoms with Crippen molar-refractivity contribution in [3.63, 3.8) is 0 Å². The Morgan fingerprint density at radius 3 is 3.00 bits per heavy atom. The average Bonchev–Trinajstić information content (AvgIpc) is 2.18. The predicted octanol–water partition coefficient (Wildman–Crippen LogP) is 1.57. The van der Waals surface area contributed by atoms with Gasteiger partial charge >= 0.3 is 0 Å². The molecular formula is C9H12BrN3O. The van der Waals surface area contributed by atoms with Crippen molar-refractivity contribution in [1.82, 2.24) is 10.3 Å². The number of nitrogens with zero attached hydrogens (tertiary/aromatic N) is 1. The third-order valence-corrected chi connectivity index (χ3v) is 2.30. The Morgan fingerprint density at radius 2 is 2.43 bits per heavy atom. The number of nitrogens with two attached hydrogens (primary N) is 1. The minimum Gasteiger partial charge on any atom is -0.383 e. The number of pyridine rings is 1. The number of amides is 1. The summed E-state index contributed by atoms with van der Waals surface area (Å²) in [5, 5.41) is 2.75. The second-order valence-corrected chi connectivity index (χ2v) is 3.70. The zero-order valence-corrected chi connectivity index (χ0v) is 9.47. The maximum Gasteiger partial charge on any atom is 0.252 e. The first-order chi connectivity index (χ1) is 6.65. The van der Waals surface area contributed by atoms with Crippen LogP contribution in [0.2, 0.25) is 0 Å². The summed E-state index contributed by atoms with van der Waals surface area (Å²) in [6, 6.07) is 1.66. The molecule has 1 rings (SSSR count). The standard InChI is InChI=1S/C9H12BrN3O/c1-2-3-12-9(14)6-4-7(10)8(11)13-5-6/h4-5H,2-3H2,1H3,(H2,11,13)(H,12,14). The smallest absolute Gasteiger partial charge is 0.252 e. The number of nitrogen functional groups attached to an aromatic ring is 1. The summed E-state index contributed by atoms with van der Waals surface area (Å²) in [7, 11) is 0. The van der Waals surface area contributed by atoms with Gasteiger partial charge in [-0.3, -0.25) is 4.79 Å². The van der Waals surface area contributed by atoms with Gasteiger partial charge in [0.1, 0.15) is 5.82 Å². The maximum absolute atomic E-state index is 11.5. The van der Waals surface area contributed by atoms with E-state index in [-0.39, 0.29) is 5.91 Å². The van der Waals surface area contributed by atoms with Gasteiger partial charge in [0.25, 0.3) is 5.91 Å². The molecule has 1 amide bonds. The number of hydrogen-bond acceptors (Lipinski definition) is 3. The molecule has 0 radical (unpaired) electrons. The molecule has 1 aromatic rings. The van der Waals surface area contributed by atoms with Crippen molar-refractivity contribution in [1.29, 1.82) is 0 Å². The third kappa shape index (κ3) is 2.70. The fourth-order valence-electron chi connectivity index (χ4n) is 0.913. The summed E-state index contributed by atoms with van der Waals surface area (Å²) >= 11 is 3.22. The van der Waals surface area contributed by atoms with Crippen LogP contribution in [0.25, 0.3) is 0 Å². The lowest BCUT2D eigenvalue weighted by molar-refractivity contribution is 0.0953. The molecule has 14 heavy (non-hydrogen) atoms. The number of hydrogen-bond donors (Lipinski definition) is 2. The number of anilines is 1. The highest BCUT2D eigenvalue weighted by molar-refractivity contribution is 9.10. The first-order valence-electron chi connectivity index (χ1n) is 4.34. The van der Waals surface area contributed by atoms with E-state index < -0.39 is 0 Å². The molecule has 0 aliphatic heterocycles. The van der Waals surface area contributed by atoms with Gasteiger partial charge in [0.05, 0.1) is 10.0 Å². The Hall–Kier alpha value is -1.10. The highest BCUT2D eigenvalue weighted by Crippen LogP contribution is 2.17. The molecule has 0 atom stereocenters. The topological polar surface area (TPSA) is 68.0 Å². The first-order valence-corrected chi connectivity index (χ1v) is 5.13. The van der Waals surface area contributed by atoms with Gasteiger partial charge in [-0.05, 0) is 28.4 Å². The number of aromatic nitrogens is 1. The van der Waals surface area contributed by atoms with Gasteiger partial charge in [-0.1, -0.05) is 6.92 Å². The second-order valence-electron chi connectivity index (χ2n) is 2.85. The predicted molar refractivity (Wildman–Crippen MR) is 59.0 cm³/mol. The lowest BCUT2D eigenvalue weighted by atomic mass is 10.2. The molecule has 4 nitrogen and oxygen atoms in total. The summed E-state index contributed by atoms with van der Waals surface area (Å²) in [5.74, 6) is 0.261. The largest absolute Gasteiger partial charge is 0.383 e. The van der Waals surface area contributed by atoms with Crippen LogP contribution < -0.4 is 11.1 Å². The molecule has 5 heteroatoms. The first kappa shape index (κ1) is 11.0. The van der Waals surface area contributed by atoms with Gasteiger partial charge in [0.15, 0.2) is 0 Å². The number of carbonyl (C=O) groups excluding carboxylic acids is 1. The van der Waals surface area contributed by atoms with Gasteiger partial charge in [-0.25, -0.2) is 4.98 Å². The highest BCUT2D eigenvalue weighted by atomic mass is 79.9. The summed E-state index contributed by atoms with van der Waals surface area (Å²) in [6.45, 7) is 2.66. The summed E-state index contributed by atoms with van der Waals surface area (Å²) in [5.41, 5.74) is 6.01. The summed E-state index contributed by atoms with van der Waals surface area (Å²) in [6.07, 6.45) is 2.38. The number of halogens is 1. The van der Waals surface area contributed by atoms with Crippen molar-refractivity contribution in [3.8, 4) is 0 Å². The van der Waals surface area contributed by atoms with Gasteiger partial charge in [-0.15, -0.1) is 0 Å². The van der Waals surface area contributed by atoms with Crippen LogP contribution in [0, 0.1) is 0 Å². The van der Waals surface area contributed by atoms with Crippen LogP contribution in [0.4, 0.5) is 5.82 Å². The minimum absolute atomic E-state index is 0.125. The molecule has 0 unspecified atom stereocenters. The van der Waals surface area contributed by atoms with Gasteiger partial charge < -0.3 is 11.1 Å². The molecule has 76 valence electrons. The van der Waals surface area contributed by atoms with E-state index in [0.717, 1.165) is 6.42 Å². The molecule has 0 aromatic carbocycles. The summed E-state index contributed by atoms with van der Waals surface area (Å²) < 4.78 is 0.640. The van der Waals surface area contributed by atoms with Crippen molar-refractivity contribution in [2.45, 2.75) is 13.3 Å². The molecule has 0 bridgehead atoms. The molecule has 0 aliphatic carbocycles. The van der Waals surface area contributed by atoms with Crippen molar-refractivity contribution >= 4 is 27.7 Å². The van der Waals surface area contributed by atoms with Crippen LogP contribution in [0.15, 0.2) is 16.7 Å². The number of carbonyl (C=O) groups is 1. The molecule has 3 N–H and O–H groups in total. The quantitative estimate of drug-likeness (QED) is 0.864. The van der Waals surface area contributed by atoms with Crippen LogP contribution >= 0.6 is 15.9 Å². The van der Waals surface area contributed by atoms with Crippen molar-refractivity contribution in [2.75, 3.05) is 12.3 Å². The molecule has 1 heterocycles. The molecular weight excluding hydrogens is 246 g/mol. The Balaban J connectivity index is 2.76. The van der Waals surface area contributed by atoms with Crippen LogP contribution in [0.3, 0.4) is 0 Å². The number of nitrogens with one attached hydrogen (secondary N) is 1. The van der Waals surface area contributed by atoms with Gasteiger partial charge in [0, 0.05) is 12.7 Å². The van der Waals surface area contributed by atoms with E-state index in [1.807, 2.05) is 6.92 Å². The fraction of sp³-hybridized carbons (Fsp3) is 0.333.